The quantitative estimate of drug-likeness (QED) is 0.605. The molecule has 0 spiro atoms. The summed E-state index contributed by atoms with van der Waals surface area (Å²) in [7, 11) is 0. The van der Waals surface area contributed by atoms with Crippen LogP contribution in [0.25, 0.3) is 0 Å². The van der Waals surface area contributed by atoms with Gasteiger partial charge < -0.3 is 10.6 Å². The summed E-state index contributed by atoms with van der Waals surface area (Å²) >= 11 is 2.75. The molecule has 0 saturated carbocycles. The van der Waals surface area contributed by atoms with Gasteiger partial charge in [-0.15, -0.1) is 10.2 Å². The van der Waals surface area contributed by atoms with E-state index in [4.69, 9.17) is 0 Å². The van der Waals surface area contributed by atoms with E-state index in [0.717, 1.165) is 21.6 Å². The molecule has 0 aliphatic carbocycles. The highest BCUT2D eigenvalue weighted by Crippen LogP contribution is 2.25. The number of anilines is 1. The van der Waals surface area contributed by atoms with E-state index < -0.39 is 6.04 Å². The van der Waals surface area contributed by atoms with Crippen LogP contribution in [-0.4, -0.2) is 40.2 Å². The first-order valence-corrected chi connectivity index (χ1v) is 10.3. The van der Waals surface area contributed by atoms with Gasteiger partial charge in [0.05, 0.1) is 11.8 Å². The fourth-order valence-electron chi connectivity index (χ4n) is 2.14. The third kappa shape index (κ3) is 7.13. The summed E-state index contributed by atoms with van der Waals surface area (Å²) < 4.78 is 0.730. The lowest BCUT2D eigenvalue weighted by Crippen LogP contribution is -2.42. The predicted octanol–water partition coefficient (Wildman–Crippen LogP) is 3.01. The maximum Gasteiger partial charge on any atom is 0.231 e. The smallest absolute Gasteiger partial charge is 0.231 e. The van der Waals surface area contributed by atoms with Crippen LogP contribution >= 0.6 is 23.1 Å². The first-order chi connectivity index (χ1) is 12.4. The van der Waals surface area contributed by atoms with Crippen molar-refractivity contribution < 1.29 is 9.59 Å². The third-order valence-corrected chi connectivity index (χ3v) is 5.52. The Balaban J connectivity index is 1.81. The first-order valence-electron chi connectivity index (χ1n) is 8.48. The van der Waals surface area contributed by atoms with Gasteiger partial charge in [-0.2, -0.15) is 0 Å². The number of hydrogen-bond donors (Lipinski definition) is 2. The Morgan fingerprint density at radius 2 is 1.92 bits per heavy atom. The van der Waals surface area contributed by atoms with Gasteiger partial charge in [-0.25, -0.2) is 0 Å². The minimum absolute atomic E-state index is 0.0525. The molecule has 0 radical (unpaired) electrons. The molecule has 1 amide bonds. The molecule has 0 saturated heterocycles. The number of nitrogens with one attached hydrogen (secondary N) is 2. The number of carbonyl (C=O) groups is 2. The summed E-state index contributed by atoms with van der Waals surface area (Å²) in [5.74, 6) is 0.493. The summed E-state index contributed by atoms with van der Waals surface area (Å²) in [4.78, 5) is 24.0. The average Bonchev–Trinajstić information content (AvgIpc) is 3.06. The molecule has 0 bridgehead atoms. The second-order valence-electron chi connectivity index (χ2n) is 6.36. The van der Waals surface area contributed by atoms with Crippen molar-refractivity contribution in [3.63, 3.8) is 0 Å². The van der Waals surface area contributed by atoms with Gasteiger partial charge in [0.15, 0.2) is 10.1 Å². The van der Waals surface area contributed by atoms with Crippen molar-refractivity contribution in [2.24, 2.45) is 5.92 Å². The number of aromatic nitrogens is 2. The minimum Gasteiger partial charge on any atom is -0.360 e. The molecule has 1 aromatic carbocycles. The van der Waals surface area contributed by atoms with Crippen LogP contribution in [0.2, 0.25) is 0 Å². The Hall–Kier alpha value is -1.93. The maximum absolute atomic E-state index is 12.2. The average molecular weight is 393 g/mol. The van der Waals surface area contributed by atoms with Crippen molar-refractivity contribution in [2.45, 2.75) is 37.6 Å². The molecular weight excluding hydrogens is 368 g/mol. The Kier molecular flexibility index (Phi) is 8.06. The molecule has 2 aromatic rings. The maximum atomic E-state index is 12.2. The van der Waals surface area contributed by atoms with Gasteiger partial charge in [0.1, 0.15) is 0 Å². The zero-order valence-electron chi connectivity index (χ0n) is 15.2. The summed E-state index contributed by atoms with van der Waals surface area (Å²) in [6.07, 6.45) is 0.495. The highest BCUT2D eigenvalue weighted by atomic mass is 32.2. The lowest BCUT2D eigenvalue weighted by molar-refractivity contribution is -0.125. The number of rotatable bonds is 10. The second kappa shape index (κ2) is 10.3. The van der Waals surface area contributed by atoms with Crippen LogP contribution in [0.4, 0.5) is 5.13 Å². The van der Waals surface area contributed by atoms with Gasteiger partial charge in [-0.05, 0) is 24.8 Å². The van der Waals surface area contributed by atoms with E-state index in [0.29, 0.717) is 12.3 Å². The topological polar surface area (TPSA) is 84.0 Å². The molecule has 1 heterocycles. The molecule has 0 aliphatic rings. The number of hydrogen-bond acceptors (Lipinski definition) is 7. The highest BCUT2D eigenvalue weighted by molar-refractivity contribution is 8.01. The molecule has 6 nitrogen and oxygen atoms in total. The van der Waals surface area contributed by atoms with Gasteiger partial charge in [0.2, 0.25) is 11.0 Å². The Morgan fingerprint density at radius 1 is 1.19 bits per heavy atom. The molecule has 1 aromatic heterocycles. The Morgan fingerprint density at radius 3 is 2.58 bits per heavy atom. The lowest BCUT2D eigenvalue weighted by atomic mass is 10.0. The lowest BCUT2D eigenvalue weighted by Gasteiger charge is -2.15. The van der Waals surface area contributed by atoms with Gasteiger partial charge in [-0.3, -0.25) is 9.59 Å². The molecule has 26 heavy (non-hydrogen) atoms. The van der Waals surface area contributed by atoms with Crippen molar-refractivity contribution in [2.75, 3.05) is 17.6 Å². The fraction of sp³-hybridized carbons (Fsp3) is 0.444. The van der Waals surface area contributed by atoms with Gasteiger partial charge in [-0.1, -0.05) is 67.3 Å². The van der Waals surface area contributed by atoms with Crippen molar-refractivity contribution >= 4 is 39.9 Å². The fourth-order valence-corrected chi connectivity index (χ4v) is 3.71. The highest BCUT2D eigenvalue weighted by Gasteiger charge is 2.18. The standard InChI is InChI=1S/C18H24N4O2S2/c1-12(2)10-19-17-21-22-18(26-17)25-11-16(24)20-15(13(3)23)9-14-7-5-4-6-8-14/h4-8,12,15H,9-11H2,1-3H3,(H,19,21)(H,20,24)/t15-/m0/s1. The van der Waals surface area contributed by atoms with Crippen LogP contribution < -0.4 is 10.6 Å². The monoisotopic (exact) mass is 392 g/mol. The summed E-state index contributed by atoms with van der Waals surface area (Å²) in [6, 6.07) is 9.15. The molecule has 8 heteroatoms. The zero-order chi connectivity index (χ0) is 18.9. The van der Waals surface area contributed by atoms with E-state index in [1.54, 1.807) is 0 Å². The number of Topliss-reactive ketones (excluding diaryl/α,β-unsaturated/α-hetero) is 1. The SMILES string of the molecule is CC(=O)[C@H](Cc1ccccc1)NC(=O)CSc1nnc(NCC(C)C)s1. The zero-order valence-corrected chi connectivity index (χ0v) is 16.8. The van der Waals surface area contributed by atoms with Crippen molar-refractivity contribution in [1.82, 2.24) is 15.5 Å². The predicted molar refractivity (Wildman–Crippen MR) is 107 cm³/mol. The molecule has 140 valence electrons. The number of amides is 1. The normalized spacial score (nSPS) is 12.0. The molecule has 2 N–H and O–H groups in total. The summed E-state index contributed by atoms with van der Waals surface area (Å²) in [6.45, 7) is 6.57. The molecule has 0 fully saturated rings. The van der Waals surface area contributed by atoms with Crippen molar-refractivity contribution in [1.29, 1.82) is 0 Å². The molecule has 1 atom stereocenters. The van der Waals surface area contributed by atoms with E-state index in [1.807, 2.05) is 30.3 Å². The minimum atomic E-state index is -0.511. The van der Waals surface area contributed by atoms with Crippen molar-refractivity contribution in [3.05, 3.63) is 35.9 Å². The van der Waals surface area contributed by atoms with E-state index >= 15 is 0 Å². The van der Waals surface area contributed by atoms with Crippen LogP contribution in [-0.2, 0) is 16.0 Å². The van der Waals surface area contributed by atoms with Gasteiger partial charge >= 0.3 is 0 Å². The van der Waals surface area contributed by atoms with Crippen LogP contribution in [0.5, 0.6) is 0 Å². The summed E-state index contributed by atoms with van der Waals surface area (Å²) in [5, 5.41) is 14.9. The summed E-state index contributed by atoms with van der Waals surface area (Å²) in [5.41, 5.74) is 1.02. The number of ketones is 1. The van der Waals surface area contributed by atoms with Crippen LogP contribution in [0.15, 0.2) is 34.7 Å². The number of nitrogens with zero attached hydrogens (tertiary/aromatic N) is 2. The second-order valence-corrected chi connectivity index (χ2v) is 8.56. The Bertz CT molecular complexity index is 719. The van der Waals surface area contributed by atoms with Gasteiger partial charge in [0, 0.05) is 6.54 Å². The van der Waals surface area contributed by atoms with E-state index in [9.17, 15) is 9.59 Å². The molecule has 0 unspecified atom stereocenters. The van der Waals surface area contributed by atoms with E-state index in [2.05, 4.69) is 34.7 Å². The van der Waals surface area contributed by atoms with E-state index in [-0.39, 0.29) is 17.4 Å². The number of carbonyl (C=O) groups excluding carboxylic acids is 2. The number of thioether (sulfide) groups is 1. The van der Waals surface area contributed by atoms with Crippen LogP contribution in [0.3, 0.4) is 0 Å². The Labute approximate surface area is 162 Å². The van der Waals surface area contributed by atoms with Crippen molar-refractivity contribution in [3.8, 4) is 0 Å². The first kappa shape index (κ1) is 20.4. The van der Waals surface area contributed by atoms with Gasteiger partial charge in [0.25, 0.3) is 0 Å². The number of benzene rings is 1. The molecular formula is C18H24N4O2S2. The molecule has 2 rings (SSSR count). The van der Waals surface area contributed by atoms with E-state index in [1.165, 1.54) is 30.0 Å². The van der Waals surface area contributed by atoms with Crippen LogP contribution in [0.1, 0.15) is 26.3 Å². The van der Waals surface area contributed by atoms with Crippen LogP contribution in [0, 0.1) is 5.92 Å². The molecule has 0 aliphatic heterocycles. The largest absolute Gasteiger partial charge is 0.360 e. The third-order valence-electron chi connectivity index (χ3n) is 3.50.